The first-order valence-electron chi connectivity index (χ1n) is 5.49. The average Bonchev–Trinajstić information content (AvgIpc) is 2.36. The molecule has 1 aromatic carbocycles. The van der Waals surface area contributed by atoms with Crippen LogP contribution in [0.3, 0.4) is 0 Å². The summed E-state index contributed by atoms with van der Waals surface area (Å²) in [5, 5.41) is 2.33. The maximum atomic E-state index is 13.2. The lowest BCUT2D eigenvalue weighted by Crippen LogP contribution is -2.29. The van der Waals surface area contributed by atoms with Crippen LogP contribution in [-0.2, 0) is 14.3 Å². The molecular formula is C13H14FNO3. The van der Waals surface area contributed by atoms with Crippen LogP contribution in [0.1, 0.15) is 12.5 Å². The Balaban J connectivity index is 2.45. The topological polar surface area (TPSA) is 55.4 Å². The quantitative estimate of drug-likeness (QED) is 0.637. The van der Waals surface area contributed by atoms with Crippen molar-refractivity contribution in [2.45, 2.75) is 6.92 Å². The first-order chi connectivity index (χ1) is 8.63. The lowest BCUT2D eigenvalue weighted by atomic mass is 10.2. The number of nitrogens with one attached hydrogen (secondary N) is 1. The highest BCUT2D eigenvalue weighted by atomic mass is 19.1. The summed E-state index contributed by atoms with van der Waals surface area (Å²) in [6.45, 7) is 1.74. The summed E-state index contributed by atoms with van der Waals surface area (Å²) in [6, 6.07) is 6.08. The molecule has 0 aliphatic heterocycles. The normalized spacial score (nSPS) is 10.3. The third-order valence-electron chi connectivity index (χ3n) is 2.03. The summed E-state index contributed by atoms with van der Waals surface area (Å²) < 4.78 is 17.8. The standard InChI is InChI=1S/C13H14FNO3/c1-2-18-13(17)9-15-12(16)8-7-10-5-3-4-6-11(10)14/h3-8H,2,9H2,1H3,(H,15,16)/b8-7+. The van der Waals surface area contributed by atoms with Crippen LogP contribution < -0.4 is 5.32 Å². The second kappa shape index (κ2) is 7.21. The highest BCUT2D eigenvalue weighted by Crippen LogP contribution is 2.07. The fourth-order valence-corrected chi connectivity index (χ4v) is 1.21. The van der Waals surface area contributed by atoms with Gasteiger partial charge in [-0.25, -0.2) is 4.39 Å². The molecule has 0 spiro atoms. The number of carbonyl (C=O) groups is 2. The van der Waals surface area contributed by atoms with E-state index in [9.17, 15) is 14.0 Å². The van der Waals surface area contributed by atoms with E-state index < -0.39 is 17.7 Å². The van der Waals surface area contributed by atoms with Crippen molar-refractivity contribution in [2.24, 2.45) is 0 Å². The highest BCUT2D eigenvalue weighted by Gasteiger charge is 2.03. The molecule has 1 aromatic rings. The van der Waals surface area contributed by atoms with Gasteiger partial charge in [-0.3, -0.25) is 9.59 Å². The van der Waals surface area contributed by atoms with Gasteiger partial charge >= 0.3 is 5.97 Å². The van der Waals surface area contributed by atoms with E-state index >= 15 is 0 Å². The van der Waals surface area contributed by atoms with Crippen LogP contribution in [0.4, 0.5) is 4.39 Å². The minimum Gasteiger partial charge on any atom is -0.465 e. The second-order valence-electron chi connectivity index (χ2n) is 3.38. The number of hydrogen-bond acceptors (Lipinski definition) is 3. The molecule has 0 aromatic heterocycles. The van der Waals surface area contributed by atoms with E-state index in [0.717, 1.165) is 6.08 Å². The van der Waals surface area contributed by atoms with E-state index in [1.807, 2.05) is 0 Å². The zero-order valence-corrected chi connectivity index (χ0v) is 9.98. The van der Waals surface area contributed by atoms with Crippen molar-refractivity contribution in [3.8, 4) is 0 Å². The molecule has 0 fully saturated rings. The minimum absolute atomic E-state index is 0.200. The van der Waals surface area contributed by atoms with Crippen LogP contribution >= 0.6 is 0 Å². The molecule has 0 aliphatic rings. The minimum atomic E-state index is -0.509. The first kappa shape index (κ1) is 13.9. The maximum Gasteiger partial charge on any atom is 0.325 e. The van der Waals surface area contributed by atoms with Crippen molar-refractivity contribution in [2.75, 3.05) is 13.2 Å². The van der Waals surface area contributed by atoms with Crippen molar-refractivity contribution in [3.63, 3.8) is 0 Å². The predicted octanol–water partition coefficient (Wildman–Crippen LogP) is 1.52. The molecule has 1 amide bonds. The number of esters is 1. The molecule has 0 heterocycles. The lowest BCUT2D eigenvalue weighted by Gasteiger charge is -2.01. The van der Waals surface area contributed by atoms with Crippen molar-refractivity contribution in [3.05, 3.63) is 41.7 Å². The SMILES string of the molecule is CCOC(=O)CNC(=O)/C=C/c1ccccc1F. The van der Waals surface area contributed by atoms with Gasteiger partial charge in [-0.05, 0) is 19.1 Å². The molecule has 1 N–H and O–H groups in total. The molecule has 0 unspecified atom stereocenters. The third kappa shape index (κ3) is 4.78. The largest absolute Gasteiger partial charge is 0.465 e. The molecule has 0 atom stereocenters. The predicted molar refractivity (Wildman–Crippen MR) is 65.1 cm³/mol. The molecule has 18 heavy (non-hydrogen) atoms. The molecular weight excluding hydrogens is 237 g/mol. The maximum absolute atomic E-state index is 13.2. The van der Waals surface area contributed by atoms with Crippen molar-refractivity contribution in [1.29, 1.82) is 0 Å². The molecule has 0 bridgehead atoms. The Hall–Kier alpha value is -2.17. The molecule has 4 nitrogen and oxygen atoms in total. The molecule has 0 radical (unpaired) electrons. The van der Waals surface area contributed by atoms with Gasteiger partial charge in [0.2, 0.25) is 5.91 Å². The van der Waals surface area contributed by atoms with Gasteiger partial charge in [0.1, 0.15) is 12.4 Å². The van der Waals surface area contributed by atoms with Gasteiger partial charge in [0.15, 0.2) is 0 Å². The third-order valence-corrected chi connectivity index (χ3v) is 2.03. The smallest absolute Gasteiger partial charge is 0.325 e. The number of halogens is 1. The number of carbonyl (C=O) groups excluding carboxylic acids is 2. The Morgan fingerprint density at radius 3 is 2.78 bits per heavy atom. The van der Waals surface area contributed by atoms with Crippen LogP contribution in [-0.4, -0.2) is 25.0 Å². The van der Waals surface area contributed by atoms with E-state index in [1.165, 1.54) is 12.1 Å². The molecule has 0 aliphatic carbocycles. The summed E-state index contributed by atoms with van der Waals surface area (Å²) in [4.78, 5) is 22.3. The van der Waals surface area contributed by atoms with Crippen molar-refractivity contribution in [1.82, 2.24) is 5.32 Å². The summed E-state index contributed by atoms with van der Waals surface area (Å²) >= 11 is 0. The van der Waals surface area contributed by atoms with Crippen molar-refractivity contribution < 1.29 is 18.7 Å². The lowest BCUT2D eigenvalue weighted by molar-refractivity contribution is -0.143. The Bertz CT molecular complexity index is 457. The van der Waals surface area contributed by atoms with Gasteiger partial charge in [0.25, 0.3) is 0 Å². The summed E-state index contributed by atoms with van der Waals surface area (Å²) in [5.41, 5.74) is 0.309. The summed E-state index contributed by atoms with van der Waals surface area (Å²) in [7, 11) is 0. The highest BCUT2D eigenvalue weighted by molar-refractivity contribution is 5.93. The average molecular weight is 251 g/mol. The van der Waals surface area contributed by atoms with Crippen LogP contribution in [0.5, 0.6) is 0 Å². The number of benzene rings is 1. The second-order valence-corrected chi connectivity index (χ2v) is 3.38. The number of amides is 1. The van der Waals surface area contributed by atoms with E-state index in [2.05, 4.69) is 10.1 Å². The monoisotopic (exact) mass is 251 g/mol. The summed E-state index contributed by atoms with van der Waals surface area (Å²) in [6.07, 6.45) is 2.51. The van der Waals surface area contributed by atoms with Gasteiger partial charge in [-0.15, -0.1) is 0 Å². The van der Waals surface area contributed by atoms with Gasteiger partial charge in [-0.2, -0.15) is 0 Å². The Morgan fingerprint density at radius 2 is 2.11 bits per heavy atom. The van der Waals surface area contributed by atoms with Crippen LogP contribution in [0.25, 0.3) is 6.08 Å². The van der Waals surface area contributed by atoms with Gasteiger partial charge in [-0.1, -0.05) is 18.2 Å². The molecule has 5 heteroatoms. The molecule has 96 valence electrons. The van der Waals surface area contributed by atoms with E-state index in [1.54, 1.807) is 25.1 Å². The Labute approximate surface area is 104 Å². The van der Waals surface area contributed by atoms with Crippen LogP contribution in [0.2, 0.25) is 0 Å². The van der Waals surface area contributed by atoms with Gasteiger partial charge in [0.05, 0.1) is 6.61 Å². The zero-order chi connectivity index (χ0) is 13.4. The van der Waals surface area contributed by atoms with E-state index in [4.69, 9.17) is 0 Å². The molecule has 0 saturated heterocycles. The number of hydrogen-bond donors (Lipinski definition) is 1. The van der Waals surface area contributed by atoms with E-state index in [-0.39, 0.29) is 13.2 Å². The van der Waals surface area contributed by atoms with Crippen LogP contribution in [0.15, 0.2) is 30.3 Å². The van der Waals surface area contributed by atoms with Gasteiger partial charge < -0.3 is 10.1 Å². The Kier molecular flexibility index (Phi) is 5.57. The van der Waals surface area contributed by atoms with Crippen LogP contribution in [0, 0.1) is 5.82 Å². The van der Waals surface area contributed by atoms with Crippen molar-refractivity contribution >= 4 is 18.0 Å². The Morgan fingerprint density at radius 1 is 1.39 bits per heavy atom. The number of rotatable bonds is 5. The fourth-order valence-electron chi connectivity index (χ4n) is 1.21. The van der Waals surface area contributed by atoms with Gasteiger partial charge in [0, 0.05) is 11.6 Å². The molecule has 1 rings (SSSR count). The first-order valence-corrected chi connectivity index (χ1v) is 5.49. The zero-order valence-electron chi connectivity index (χ0n) is 9.98. The summed E-state index contributed by atoms with van der Waals surface area (Å²) in [5.74, 6) is -1.40. The number of ether oxygens (including phenoxy) is 1. The molecule has 0 saturated carbocycles. The van der Waals surface area contributed by atoms with E-state index in [0.29, 0.717) is 5.56 Å². The fraction of sp³-hybridized carbons (Fsp3) is 0.231.